The maximum atomic E-state index is 12.6. The summed E-state index contributed by atoms with van der Waals surface area (Å²) in [4.78, 5) is 16.7. The molecule has 4 atom stereocenters. The lowest BCUT2D eigenvalue weighted by atomic mass is 9.90. The molecule has 230 valence electrons. The first-order valence-electron chi connectivity index (χ1n) is 14.8. The zero-order valence-electron chi connectivity index (χ0n) is 24.6. The molecular weight excluding hydrogens is 609 g/mol. The number of nitrogens with one attached hydrogen (secondary N) is 1. The highest BCUT2D eigenvalue weighted by Gasteiger charge is 2.39. The van der Waals surface area contributed by atoms with Gasteiger partial charge in [0.1, 0.15) is 5.15 Å². The Morgan fingerprint density at radius 3 is 2.31 bits per heavy atom. The number of halogens is 2. The van der Waals surface area contributed by atoms with Crippen molar-refractivity contribution in [3.63, 3.8) is 0 Å². The third kappa shape index (κ3) is 7.14. The number of amides is 1. The fourth-order valence-corrected chi connectivity index (χ4v) is 5.91. The summed E-state index contributed by atoms with van der Waals surface area (Å²) in [6.45, 7) is 2.92. The Kier molecular flexibility index (Phi) is 9.64. The molecule has 1 fully saturated rings. The SMILES string of the molecule is C[C@H]1[C@@H](Cn2cnc(Cl)c2Cl)O[C@@H](c2cccc(-c3cccc(CNC(=O)c4ccccc4)c3)c2)O[C@H]1c1ccc(CO)cc1. The molecule has 1 amide bonds. The number of hydrogen-bond acceptors (Lipinski definition) is 5. The van der Waals surface area contributed by atoms with Crippen molar-refractivity contribution in [3.8, 4) is 11.1 Å². The molecule has 45 heavy (non-hydrogen) atoms. The van der Waals surface area contributed by atoms with Crippen LogP contribution in [-0.2, 0) is 29.2 Å². The lowest BCUT2D eigenvalue weighted by Crippen LogP contribution is -2.39. The lowest BCUT2D eigenvalue weighted by Gasteiger charge is -2.41. The Morgan fingerprint density at radius 1 is 0.867 bits per heavy atom. The van der Waals surface area contributed by atoms with Crippen molar-refractivity contribution in [3.05, 3.63) is 148 Å². The number of nitrogens with zero attached hydrogens (tertiary/aromatic N) is 2. The van der Waals surface area contributed by atoms with Crippen molar-refractivity contribution < 1.29 is 19.4 Å². The molecule has 0 radical (unpaired) electrons. The van der Waals surface area contributed by atoms with Crippen molar-refractivity contribution in [1.82, 2.24) is 14.9 Å². The number of imidazole rings is 1. The summed E-state index contributed by atoms with van der Waals surface area (Å²) < 4.78 is 15.1. The fourth-order valence-electron chi connectivity index (χ4n) is 5.59. The lowest BCUT2D eigenvalue weighted by molar-refractivity contribution is -0.276. The molecule has 7 nitrogen and oxygen atoms in total. The van der Waals surface area contributed by atoms with Gasteiger partial charge in [-0.2, -0.15) is 0 Å². The van der Waals surface area contributed by atoms with Crippen LogP contribution in [0.1, 0.15) is 51.9 Å². The molecule has 0 spiro atoms. The minimum absolute atomic E-state index is 0.0248. The summed E-state index contributed by atoms with van der Waals surface area (Å²) in [6, 6.07) is 33.2. The largest absolute Gasteiger partial charge is 0.392 e. The average molecular weight is 643 g/mol. The maximum absolute atomic E-state index is 12.6. The van der Waals surface area contributed by atoms with Gasteiger partial charge in [-0.15, -0.1) is 0 Å². The van der Waals surface area contributed by atoms with Crippen LogP contribution in [0, 0.1) is 5.92 Å². The van der Waals surface area contributed by atoms with Gasteiger partial charge in [-0.3, -0.25) is 4.79 Å². The van der Waals surface area contributed by atoms with Crippen LogP contribution in [0.2, 0.25) is 10.3 Å². The molecule has 9 heteroatoms. The van der Waals surface area contributed by atoms with E-state index >= 15 is 0 Å². The normalized spacial score (nSPS) is 19.7. The first kappa shape index (κ1) is 31.0. The maximum Gasteiger partial charge on any atom is 0.251 e. The molecule has 1 saturated heterocycles. The van der Waals surface area contributed by atoms with Gasteiger partial charge in [0.05, 0.1) is 31.7 Å². The zero-order valence-corrected chi connectivity index (χ0v) is 26.2. The van der Waals surface area contributed by atoms with Gasteiger partial charge >= 0.3 is 0 Å². The van der Waals surface area contributed by atoms with E-state index in [2.05, 4.69) is 29.4 Å². The third-order valence-electron chi connectivity index (χ3n) is 8.14. The van der Waals surface area contributed by atoms with E-state index in [-0.39, 0.29) is 35.8 Å². The summed E-state index contributed by atoms with van der Waals surface area (Å²) in [6.07, 6.45) is 0.417. The second-order valence-electron chi connectivity index (χ2n) is 11.2. The van der Waals surface area contributed by atoms with Gasteiger partial charge in [0.25, 0.3) is 5.91 Å². The highest BCUT2D eigenvalue weighted by atomic mass is 35.5. The van der Waals surface area contributed by atoms with Crippen LogP contribution in [0.15, 0.2) is 109 Å². The van der Waals surface area contributed by atoms with Gasteiger partial charge in [0, 0.05) is 23.6 Å². The summed E-state index contributed by atoms with van der Waals surface area (Å²) in [7, 11) is 0. The van der Waals surface area contributed by atoms with E-state index in [1.54, 1.807) is 23.0 Å². The molecule has 0 aliphatic carbocycles. The number of aliphatic hydroxyl groups is 1. The standard InChI is InChI=1S/C36H33Cl2N3O4/c1-23-31(20-41-22-40-33(37)34(41)38)44-36(45-32(23)26-15-13-24(21-42)14-16-26)30-12-6-11-29(18-30)28-10-5-7-25(17-28)19-39-35(43)27-8-3-2-4-9-27/h2-18,22-23,31-32,36,42H,19-21H2,1H3,(H,39,43)/t23-,31+,32+,36+/m0/s1. The van der Waals surface area contributed by atoms with E-state index in [0.29, 0.717) is 23.8 Å². The van der Waals surface area contributed by atoms with Crippen molar-refractivity contribution in [1.29, 1.82) is 0 Å². The molecule has 0 saturated carbocycles. The van der Waals surface area contributed by atoms with Gasteiger partial charge < -0.3 is 24.5 Å². The highest BCUT2D eigenvalue weighted by molar-refractivity contribution is 6.40. The Labute approximate surface area is 272 Å². The van der Waals surface area contributed by atoms with E-state index < -0.39 is 6.29 Å². The summed E-state index contributed by atoms with van der Waals surface area (Å²) in [5, 5.41) is 13.2. The molecule has 0 unspecified atom stereocenters. The Hall–Kier alpha value is -3.98. The van der Waals surface area contributed by atoms with E-state index in [9.17, 15) is 9.90 Å². The quantitative estimate of drug-likeness (QED) is 0.172. The van der Waals surface area contributed by atoms with E-state index in [4.69, 9.17) is 32.7 Å². The van der Waals surface area contributed by atoms with Gasteiger partial charge in [-0.05, 0) is 52.1 Å². The Bertz CT molecular complexity index is 1760. The highest BCUT2D eigenvalue weighted by Crippen LogP contribution is 2.43. The molecule has 5 aromatic rings. The van der Waals surface area contributed by atoms with Crippen molar-refractivity contribution in [2.75, 3.05) is 0 Å². The van der Waals surface area contributed by atoms with Gasteiger partial charge in [0.15, 0.2) is 11.4 Å². The Balaban J connectivity index is 1.25. The molecule has 1 aromatic heterocycles. The first-order chi connectivity index (χ1) is 21.9. The van der Waals surface area contributed by atoms with Gasteiger partial charge in [-0.25, -0.2) is 4.98 Å². The second-order valence-corrected chi connectivity index (χ2v) is 11.9. The molecule has 1 aliphatic heterocycles. The van der Waals surface area contributed by atoms with Crippen LogP contribution in [0.4, 0.5) is 0 Å². The van der Waals surface area contributed by atoms with E-state index in [1.807, 2.05) is 78.9 Å². The van der Waals surface area contributed by atoms with Gasteiger partial charge in [0.2, 0.25) is 0 Å². The number of carbonyl (C=O) groups excluding carboxylic acids is 1. The number of benzene rings is 4. The van der Waals surface area contributed by atoms with E-state index in [1.165, 1.54) is 0 Å². The molecule has 6 rings (SSSR count). The smallest absolute Gasteiger partial charge is 0.251 e. The predicted molar refractivity (Wildman–Crippen MR) is 175 cm³/mol. The topological polar surface area (TPSA) is 85.6 Å². The molecule has 4 aromatic carbocycles. The van der Waals surface area contributed by atoms with Crippen LogP contribution in [0.3, 0.4) is 0 Å². The monoisotopic (exact) mass is 641 g/mol. The number of ether oxygens (including phenoxy) is 2. The van der Waals surface area contributed by atoms with Crippen LogP contribution >= 0.6 is 23.2 Å². The zero-order chi connectivity index (χ0) is 31.3. The average Bonchev–Trinajstić information content (AvgIpc) is 3.41. The first-order valence-corrected chi connectivity index (χ1v) is 15.5. The van der Waals surface area contributed by atoms with Crippen LogP contribution in [0.5, 0.6) is 0 Å². The third-order valence-corrected chi connectivity index (χ3v) is 8.91. The van der Waals surface area contributed by atoms with Crippen molar-refractivity contribution >= 4 is 29.1 Å². The molecule has 2 N–H and O–H groups in total. The second kappa shape index (κ2) is 14.0. The minimum Gasteiger partial charge on any atom is -0.392 e. The van der Waals surface area contributed by atoms with Crippen molar-refractivity contribution in [2.45, 2.75) is 45.1 Å². The summed E-state index contributed by atoms with van der Waals surface area (Å²) in [5.41, 5.74) is 6.33. The molecule has 2 heterocycles. The number of carbonyl (C=O) groups is 1. The van der Waals surface area contributed by atoms with Crippen LogP contribution in [-0.4, -0.2) is 26.7 Å². The summed E-state index contributed by atoms with van der Waals surface area (Å²) >= 11 is 12.6. The van der Waals surface area contributed by atoms with Crippen LogP contribution in [0.25, 0.3) is 11.1 Å². The molecular formula is C36H33Cl2N3O4. The predicted octanol–water partition coefficient (Wildman–Crippen LogP) is 7.77. The minimum atomic E-state index is -0.653. The number of hydrogen-bond donors (Lipinski definition) is 2. The van der Waals surface area contributed by atoms with Gasteiger partial charge in [-0.1, -0.05) is 109 Å². The number of aliphatic hydroxyl groups excluding tert-OH is 1. The van der Waals surface area contributed by atoms with Crippen LogP contribution < -0.4 is 5.32 Å². The summed E-state index contributed by atoms with van der Waals surface area (Å²) in [5.74, 6) is -0.150. The van der Waals surface area contributed by atoms with Crippen molar-refractivity contribution in [2.24, 2.45) is 5.92 Å². The Morgan fingerprint density at radius 2 is 1.60 bits per heavy atom. The molecule has 0 bridgehead atoms. The number of rotatable bonds is 9. The number of aromatic nitrogens is 2. The van der Waals surface area contributed by atoms with E-state index in [0.717, 1.165) is 33.4 Å². The molecule has 1 aliphatic rings. The fraction of sp³-hybridized carbons (Fsp3) is 0.222.